The third-order valence-corrected chi connectivity index (χ3v) is 4.12. The standard InChI is InChI=1S/C17H24N2/c1-12(2)16-9-15(10-18)17(8-14(16)4)19-7-5-6-13(3)11-19/h8-9,12-13H,5-7,11H2,1-4H3. The van der Waals surface area contributed by atoms with Crippen molar-refractivity contribution in [1.29, 1.82) is 5.26 Å². The van der Waals surface area contributed by atoms with Crippen LogP contribution in [0.25, 0.3) is 0 Å². The number of benzene rings is 1. The molecule has 1 aromatic carbocycles. The van der Waals surface area contributed by atoms with Crippen molar-refractivity contribution < 1.29 is 0 Å². The summed E-state index contributed by atoms with van der Waals surface area (Å²) in [4.78, 5) is 2.39. The number of hydrogen-bond acceptors (Lipinski definition) is 2. The summed E-state index contributed by atoms with van der Waals surface area (Å²) in [5, 5.41) is 9.44. The van der Waals surface area contributed by atoms with Crippen molar-refractivity contribution in [2.24, 2.45) is 5.92 Å². The first-order valence-electron chi connectivity index (χ1n) is 7.32. The Labute approximate surface area is 117 Å². The fourth-order valence-corrected chi connectivity index (χ4v) is 3.09. The van der Waals surface area contributed by atoms with Crippen molar-refractivity contribution in [2.75, 3.05) is 18.0 Å². The van der Waals surface area contributed by atoms with Crippen LogP contribution in [0.5, 0.6) is 0 Å². The minimum absolute atomic E-state index is 0.474. The smallest absolute Gasteiger partial charge is 0.101 e. The van der Waals surface area contributed by atoms with E-state index in [-0.39, 0.29) is 0 Å². The molecule has 0 bridgehead atoms. The minimum Gasteiger partial charge on any atom is -0.370 e. The Balaban J connectivity index is 2.40. The largest absolute Gasteiger partial charge is 0.370 e. The van der Waals surface area contributed by atoms with Gasteiger partial charge in [-0.15, -0.1) is 0 Å². The van der Waals surface area contributed by atoms with Crippen LogP contribution in [-0.4, -0.2) is 13.1 Å². The topological polar surface area (TPSA) is 27.0 Å². The van der Waals surface area contributed by atoms with E-state index in [1.807, 2.05) is 0 Å². The van der Waals surface area contributed by atoms with E-state index < -0.39 is 0 Å². The molecule has 0 saturated carbocycles. The van der Waals surface area contributed by atoms with Gasteiger partial charge >= 0.3 is 0 Å². The van der Waals surface area contributed by atoms with Crippen LogP contribution in [0, 0.1) is 24.2 Å². The molecular formula is C17H24N2. The Morgan fingerprint density at radius 2 is 2.11 bits per heavy atom. The van der Waals surface area contributed by atoms with Gasteiger partial charge in [0, 0.05) is 13.1 Å². The van der Waals surface area contributed by atoms with E-state index in [2.05, 4.69) is 50.8 Å². The zero-order chi connectivity index (χ0) is 14.0. The molecule has 1 atom stereocenters. The van der Waals surface area contributed by atoms with E-state index in [9.17, 15) is 5.26 Å². The summed E-state index contributed by atoms with van der Waals surface area (Å²) in [6, 6.07) is 6.69. The summed E-state index contributed by atoms with van der Waals surface area (Å²) in [6.07, 6.45) is 2.54. The molecule has 2 heteroatoms. The van der Waals surface area contributed by atoms with Gasteiger partial charge in [-0.05, 0) is 54.9 Å². The van der Waals surface area contributed by atoms with Crippen LogP contribution in [0.2, 0.25) is 0 Å². The molecule has 0 radical (unpaired) electrons. The maximum Gasteiger partial charge on any atom is 0.101 e. The summed E-state index contributed by atoms with van der Waals surface area (Å²) in [7, 11) is 0. The van der Waals surface area contributed by atoms with E-state index in [4.69, 9.17) is 0 Å². The average molecular weight is 256 g/mol. The lowest BCUT2D eigenvalue weighted by Crippen LogP contribution is -2.34. The summed E-state index contributed by atoms with van der Waals surface area (Å²) in [5.41, 5.74) is 4.58. The molecule has 0 spiro atoms. The normalized spacial score (nSPS) is 19.6. The molecule has 102 valence electrons. The highest BCUT2D eigenvalue weighted by atomic mass is 15.1. The zero-order valence-electron chi connectivity index (χ0n) is 12.5. The van der Waals surface area contributed by atoms with E-state index in [1.165, 1.54) is 24.0 Å². The Morgan fingerprint density at radius 1 is 1.37 bits per heavy atom. The van der Waals surface area contributed by atoms with Gasteiger partial charge in [-0.2, -0.15) is 5.26 Å². The number of nitriles is 1. The summed E-state index contributed by atoms with van der Waals surface area (Å²) in [6.45, 7) is 11.0. The van der Waals surface area contributed by atoms with Crippen LogP contribution in [-0.2, 0) is 0 Å². The van der Waals surface area contributed by atoms with Crippen molar-refractivity contribution in [3.8, 4) is 6.07 Å². The molecule has 0 amide bonds. The third kappa shape index (κ3) is 2.92. The SMILES string of the molecule is Cc1cc(N2CCCC(C)C2)c(C#N)cc1C(C)C. The first-order chi connectivity index (χ1) is 9.02. The highest BCUT2D eigenvalue weighted by Crippen LogP contribution is 2.31. The molecule has 0 N–H and O–H groups in total. The van der Waals surface area contributed by atoms with Crippen molar-refractivity contribution in [1.82, 2.24) is 0 Å². The number of aryl methyl sites for hydroxylation is 1. The maximum absolute atomic E-state index is 9.44. The van der Waals surface area contributed by atoms with Gasteiger partial charge in [-0.25, -0.2) is 0 Å². The van der Waals surface area contributed by atoms with E-state index in [1.54, 1.807) is 0 Å². The fourth-order valence-electron chi connectivity index (χ4n) is 3.09. The molecule has 1 heterocycles. The van der Waals surface area contributed by atoms with Gasteiger partial charge in [0.05, 0.1) is 11.3 Å². The van der Waals surface area contributed by atoms with Gasteiger partial charge in [0.2, 0.25) is 0 Å². The van der Waals surface area contributed by atoms with Crippen LogP contribution in [0.15, 0.2) is 12.1 Å². The van der Waals surface area contributed by atoms with Crippen molar-refractivity contribution in [3.05, 3.63) is 28.8 Å². The van der Waals surface area contributed by atoms with E-state index >= 15 is 0 Å². The number of anilines is 1. The Hall–Kier alpha value is -1.49. The number of piperidine rings is 1. The molecule has 0 aliphatic carbocycles. The quantitative estimate of drug-likeness (QED) is 0.792. The van der Waals surface area contributed by atoms with Crippen LogP contribution < -0.4 is 4.90 Å². The monoisotopic (exact) mass is 256 g/mol. The summed E-state index contributed by atoms with van der Waals surface area (Å²) < 4.78 is 0. The van der Waals surface area contributed by atoms with Crippen molar-refractivity contribution in [3.63, 3.8) is 0 Å². The molecule has 1 unspecified atom stereocenters. The number of hydrogen-bond donors (Lipinski definition) is 0. The average Bonchev–Trinajstić information content (AvgIpc) is 2.38. The van der Waals surface area contributed by atoms with Crippen LogP contribution in [0.3, 0.4) is 0 Å². The van der Waals surface area contributed by atoms with E-state index in [0.717, 1.165) is 30.3 Å². The lowest BCUT2D eigenvalue weighted by Gasteiger charge is -2.34. The van der Waals surface area contributed by atoms with Gasteiger partial charge in [0.25, 0.3) is 0 Å². The summed E-state index contributed by atoms with van der Waals surface area (Å²) in [5.74, 6) is 1.20. The first-order valence-corrected chi connectivity index (χ1v) is 7.32. The van der Waals surface area contributed by atoms with Crippen molar-refractivity contribution in [2.45, 2.75) is 46.5 Å². The second-order valence-electron chi connectivity index (χ2n) is 6.19. The third-order valence-electron chi connectivity index (χ3n) is 4.12. The predicted octanol–water partition coefficient (Wildman–Crippen LogP) is 4.23. The van der Waals surface area contributed by atoms with Crippen LogP contribution in [0.4, 0.5) is 5.69 Å². The highest BCUT2D eigenvalue weighted by molar-refractivity contribution is 5.63. The van der Waals surface area contributed by atoms with Gasteiger partial charge in [-0.1, -0.05) is 20.8 Å². The summed E-state index contributed by atoms with van der Waals surface area (Å²) >= 11 is 0. The lowest BCUT2D eigenvalue weighted by molar-refractivity contribution is 0.446. The van der Waals surface area contributed by atoms with E-state index in [0.29, 0.717) is 5.92 Å². The number of rotatable bonds is 2. The molecule has 1 fully saturated rings. The Kier molecular flexibility index (Phi) is 4.14. The van der Waals surface area contributed by atoms with Crippen molar-refractivity contribution >= 4 is 5.69 Å². The van der Waals surface area contributed by atoms with Crippen LogP contribution >= 0.6 is 0 Å². The fraction of sp³-hybridized carbons (Fsp3) is 0.588. The molecule has 1 aliphatic heterocycles. The molecule has 2 nitrogen and oxygen atoms in total. The molecule has 1 saturated heterocycles. The van der Waals surface area contributed by atoms with Gasteiger partial charge in [0.15, 0.2) is 0 Å². The Morgan fingerprint density at radius 3 is 2.68 bits per heavy atom. The first kappa shape index (κ1) is 13.9. The number of nitrogens with zero attached hydrogens (tertiary/aromatic N) is 2. The van der Waals surface area contributed by atoms with Gasteiger partial charge in [-0.3, -0.25) is 0 Å². The predicted molar refractivity (Wildman–Crippen MR) is 80.6 cm³/mol. The molecule has 19 heavy (non-hydrogen) atoms. The lowest BCUT2D eigenvalue weighted by atomic mass is 9.93. The van der Waals surface area contributed by atoms with Gasteiger partial charge < -0.3 is 4.90 Å². The minimum atomic E-state index is 0.474. The maximum atomic E-state index is 9.44. The zero-order valence-corrected chi connectivity index (χ0v) is 12.5. The molecule has 0 aromatic heterocycles. The highest BCUT2D eigenvalue weighted by Gasteiger charge is 2.20. The molecule has 2 rings (SSSR count). The van der Waals surface area contributed by atoms with Gasteiger partial charge in [0.1, 0.15) is 6.07 Å². The van der Waals surface area contributed by atoms with Crippen LogP contribution in [0.1, 0.15) is 56.2 Å². The molecule has 1 aromatic rings. The molecular weight excluding hydrogens is 232 g/mol. The second kappa shape index (κ2) is 5.65. The molecule has 1 aliphatic rings. The second-order valence-corrected chi connectivity index (χ2v) is 6.19. The Bertz CT molecular complexity index is 497.